The van der Waals surface area contributed by atoms with Crippen LogP contribution in [0, 0.1) is 6.92 Å². The maximum absolute atomic E-state index is 12.9. The second kappa shape index (κ2) is 10.1. The summed E-state index contributed by atoms with van der Waals surface area (Å²) in [5.74, 6) is -1.81. The largest absolute Gasteiger partial charge is 0.477 e. The van der Waals surface area contributed by atoms with Crippen LogP contribution in [0.3, 0.4) is 0 Å². The molecule has 0 aliphatic carbocycles. The van der Waals surface area contributed by atoms with Crippen molar-refractivity contribution in [3.63, 3.8) is 0 Å². The first-order chi connectivity index (χ1) is 15.7. The molecule has 1 aliphatic heterocycles. The number of aryl methyl sites for hydroxylation is 1. The Labute approximate surface area is 189 Å². The van der Waals surface area contributed by atoms with Crippen LogP contribution in [0.1, 0.15) is 36.1 Å². The Bertz CT molecular complexity index is 1040. The van der Waals surface area contributed by atoms with Crippen LogP contribution in [-0.2, 0) is 20.9 Å². The number of piperazine rings is 1. The van der Waals surface area contributed by atoms with E-state index in [1.54, 1.807) is 36.8 Å². The SMILES string of the molecule is CCOC(=O)N1CCN(C(=O)C(C)n2cc(NC(=O)Cn3nccc3C(=O)O)c(C)n2)CC1. The molecule has 13 nitrogen and oxygen atoms in total. The van der Waals surface area contributed by atoms with Crippen molar-refractivity contribution in [3.8, 4) is 0 Å². The maximum Gasteiger partial charge on any atom is 0.409 e. The Balaban J connectivity index is 1.59. The number of anilines is 1. The van der Waals surface area contributed by atoms with E-state index in [4.69, 9.17) is 9.84 Å². The lowest BCUT2D eigenvalue weighted by Gasteiger charge is -2.35. The average molecular weight is 461 g/mol. The number of nitrogens with one attached hydrogen (secondary N) is 1. The second-order valence-electron chi connectivity index (χ2n) is 7.52. The number of carbonyl (C=O) groups excluding carboxylic acids is 3. The van der Waals surface area contributed by atoms with Gasteiger partial charge in [-0.2, -0.15) is 10.2 Å². The number of amides is 3. The predicted octanol–water partition coefficient (Wildman–Crippen LogP) is 0.587. The quantitative estimate of drug-likeness (QED) is 0.608. The molecule has 0 saturated carbocycles. The van der Waals surface area contributed by atoms with Gasteiger partial charge in [0.15, 0.2) is 0 Å². The summed E-state index contributed by atoms with van der Waals surface area (Å²) < 4.78 is 7.55. The summed E-state index contributed by atoms with van der Waals surface area (Å²) in [5.41, 5.74) is 0.824. The van der Waals surface area contributed by atoms with Crippen molar-refractivity contribution in [1.82, 2.24) is 29.4 Å². The number of rotatable bonds is 7. The molecule has 0 spiro atoms. The molecule has 0 aromatic carbocycles. The smallest absolute Gasteiger partial charge is 0.409 e. The maximum atomic E-state index is 12.9. The summed E-state index contributed by atoms with van der Waals surface area (Å²) in [7, 11) is 0. The fourth-order valence-electron chi connectivity index (χ4n) is 3.47. The standard InChI is InChI=1S/C20H27N7O6/c1-4-33-20(32)25-9-7-24(8-10-25)18(29)14(3)26-11-15(13(2)23-26)22-17(28)12-27-16(19(30)31)5-6-21-27/h5-6,11,14H,4,7-10,12H2,1-3H3,(H,22,28)(H,30,31). The van der Waals surface area contributed by atoms with E-state index in [0.29, 0.717) is 44.2 Å². The van der Waals surface area contributed by atoms with Crippen LogP contribution < -0.4 is 5.32 Å². The molecule has 13 heteroatoms. The van der Waals surface area contributed by atoms with Crippen molar-refractivity contribution >= 4 is 29.6 Å². The fourth-order valence-corrected chi connectivity index (χ4v) is 3.47. The van der Waals surface area contributed by atoms with E-state index < -0.39 is 17.9 Å². The first-order valence-electron chi connectivity index (χ1n) is 10.5. The Kier molecular flexibility index (Phi) is 7.30. The first kappa shape index (κ1) is 23.8. The van der Waals surface area contributed by atoms with Crippen molar-refractivity contribution < 1.29 is 29.0 Å². The lowest BCUT2D eigenvalue weighted by atomic mass is 10.2. The molecule has 2 aromatic rings. The van der Waals surface area contributed by atoms with Gasteiger partial charge in [-0.15, -0.1) is 0 Å². The number of aromatic nitrogens is 4. The van der Waals surface area contributed by atoms with E-state index in [-0.39, 0.29) is 24.2 Å². The number of aromatic carboxylic acids is 1. The number of carbonyl (C=O) groups is 4. The zero-order chi connectivity index (χ0) is 24.1. The molecule has 0 radical (unpaired) electrons. The zero-order valence-corrected chi connectivity index (χ0v) is 18.7. The minimum absolute atomic E-state index is 0.0974. The van der Waals surface area contributed by atoms with Gasteiger partial charge in [-0.1, -0.05) is 0 Å². The third-order valence-corrected chi connectivity index (χ3v) is 5.29. The predicted molar refractivity (Wildman–Crippen MR) is 115 cm³/mol. The van der Waals surface area contributed by atoms with E-state index in [1.807, 2.05) is 0 Å². The highest BCUT2D eigenvalue weighted by Crippen LogP contribution is 2.19. The third-order valence-electron chi connectivity index (χ3n) is 5.29. The van der Waals surface area contributed by atoms with Crippen LogP contribution in [0.4, 0.5) is 10.5 Å². The van der Waals surface area contributed by atoms with Crippen molar-refractivity contribution in [1.29, 1.82) is 0 Å². The minimum Gasteiger partial charge on any atom is -0.477 e. The molecule has 1 aliphatic rings. The topological polar surface area (TPSA) is 152 Å². The highest BCUT2D eigenvalue weighted by atomic mass is 16.6. The van der Waals surface area contributed by atoms with Gasteiger partial charge in [-0.05, 0) is 26.8 Å². The van der Waals surface area contributed by atoms with Gasteiger partial charge < -0.3 is 25.0 Å². The van der Waals surface area contributed by atoms with Crippen LogP contribution in [0.25, 0.3) is 0 Å². The summed E-state index contributed by atoms with van der Waals surface area (Å²) in [6.45, 7) is 6.73. The van der Waals surface area contributed by atoms with Crippen LogP contribution in [-0.4, -0.2) is 91.1 Å². The van der Waals surface area contributed by atoms with Gasteiger partial charge in [-0.25, -0.2) is 14.3 Å². The van der Waals surface area contributed by atoms with Gasteiger partial charge in [0.05, 0.1) is 18.0 Å². The molecule has 178 valence electrons. The molecule has 3 rings (SSSR count). The Morgan fingerprint density at radius 2 is 1.85 bits per heavy atom. The monoisotopic (exact) mass is 461 g/mol. The van der Waals surface area contributed by atoms with Crippen molar-refractivity contribution in [2.75, 3.05) is 38.1 Å². The molecule has 1 saturated heterocycles. The third kappa shape index (κ3) is 5.48. The molecule has 1 fully saturated rings. The molecule has 2 aromatic heterocycles. The van der Waals surface area contributed by atoms with Crippen molar-refractivity contribution in [2.45, 2.75) is 33.4 Å². The summed E-state index contributed by atoms with van der Waals surface area (Å²) in [5, 5.41) is 20.0. The Morgan fingerprint density at radius 1 is 1.18 bits per heavy atom. The molecule has 1 atom stereocenters. The van der Waals surface area contributed by atoms with Crippen molar-refractivity contribution in [2.24, 2.45) is 0 Å². The van der Waals surface area contributed by atoms with Gasteiger partial charge in [-0.3, -0.25) is 14.3 Å². The van der Waals surface area contributed by atoms with Crippen LogP contribution >= 0.6 is 0 Å². The van der Waals surface area contributed by atoms with E-state index in [2.05, 4.69) is 15.5 Å². The fraction of sp³-hybridized carbons (Fsp3) is 0.500. The van der Waals surface area contributed by atoms with Gasteiger partial charge >= 0.3 is 12.1 Å². The lowest BCUT2D eigenvalue weighted by Crippen LogP contribution is -2.52. The Morgan fingerprint density at radius 3 is 2.48 bits per heavy atom. The number of ether oxygens (including phenoxy) is 1. The molecular weight excluding hydrogens is 434 g/mol. The number of hydrogen-bond acceptors (Lipinski definition) is 7. The number of hydrogen-bond donors (Lipinski definition) is 2. The first-order valence-corrected chi connectivity index (χ1v) is 10.5. The second-order valence-corrected chi connectivity index (χ2v) is 7.52. The molecule has 2 N–H and O–H groups in total. The van der Waals surface area contributed by atoms with E-state index in [0.717, 1.165) is 4.68 Å². The normalized spacial score (nSPS) is 14.6. The van der Waals surface area contributed by atoms with Crippen LogP contribution in [0.5, 0.6) is 0 Å². The summed E-state index contributed by atoms with van der Waals surface area (Å²) in [6.07, 6.45) is 2.48. The van der Waals surface area contributed by atoms with Gasteiger partial charge in [0.1, 0.15) is 18.3 Å². The molecule has 33 heavy (non-hydrogen) atoms. The van der Waals surface area contributed by atoms with Crippen LogP contribution in [0.15, 0.2) is 18.5 Å². The van der Waals surface area contributed by atoms with Crippen LogP contribution in [0.2, 0.25) is 0 Å². The highest BCUT2D eigenvalue weighted by Gasteiger charge is 2.29. The molecule has 3 amide bonds. The van der Waals surface area contributed by atoms with Crippen molar-refractivity contribution in [3.05, 3.63) is 29.8 Å². The minimum atomic E-state index is -1.18. The number of carboxylic acids is 1. The summed E-state index contributed by atoms with van der Waals surface area (Å²) in [4.78, 5) is 51.5. The van der Waals surface area contributed by atoms with Gasteiger partial charge in [0.25, 0.3) is 0 Å². The number of nitrogens with zero attached hydrogens (tertiary/aromatic N) is 6. The van der Waals surface area contributed by atoms with E-state index in [1.165, 1.54) is 16.9 Å². The summed E-state index contributed by atoms with van der Waals surface area (Å²) >= 11 is 0. The molecule has 3 heterocycles. The summed E-state index contributed by atoms with van der Waals surface area (Å²) in [6, 6.07) is 0.687. The number of carboxylic acid groups (broad SMARTS) is 1. The van der Waals surface area contributed by atoms with Gasteiger partial charge in [0.2, 0.25) is 11.8 Å². The molecule has 1 unspecified atom stereocenters. The lowest BCUT2D eigenvalue weighted by molar-refractivity contribution is -0.136. The van der Waals surface area contributed by atoms with Gasteiger partial charge in [0, 0.05) is 38.6 Å². The Hall–Kier alpha value is -3.90. The zero-order valence-electron chi connectivity index (χ0n) is 18.7. The highest BCUT2D eigenvalue weighted by molar-refractivity contribution is 5.92. The molecule has 0 bridgehead atoms. The average Bonchev–Trinajstić information content (AvgIpc) is 3.39. The molecular formula is C20H27N7O6. The van der Waals surface area contributed by atoms with E-state index >= 15 is 0 Å². The van der Waals surface area contributed by atoms with E-state index in [9.17, 15) is 19.2 Å².